The lowest BCUT2D eigenvalue weighted by Gasteiger charge is -2.23. The first-order valence-corrected chi connectivity index (χ1v) is 16.3. The van der Waals surface area contributed by atoms with Crippen molar-refractivity contribution in [2.45, 2.75) is 101 Å². The number of amides is 6. The summed E-state index contributed by atoms with van der Waals surface area (Å²) in [5.74, 6) is -8.82. The first-order chi connectivity index (χ1) is 24.4. The Labute approximate surface area is 298 Å². The Morgan fingerprint density at radius 2 is 1.29 bits per heavy atom. The Hall–Kier alpha value is -5.64. The number of aliphatic carboxylic acids is 3. The predicted octanol–water partition coefficient (Wildman–Crippen LogP) is -4.20. The number of nitrogens with two attached hydrogens (primary N) is 2. The van der Waals surface area contributed by atoms with Crippen LogP contribution in [0.2, 0.25) is 0 Å². The van der Waals surface area contributed by atoms with E-state index in [1.807, 2.05) is 0 Å². The van der Waals surface area contributed by atoms with Crippen LogP contribution in [0.15, 0.2) is 12.5 Å². The van der Waals surface area contributed by atoms with Crippen molar-refractivity contribution in [3.05, 3.63) is 18.2 Å². The largest absolute Gasteiger partial charge is 0.481 e. The van der Waals surface area contributed by atoms with E-state index in [-0.39, 0.29) is 25.7 Å². The molecule has 1 heterocycles. The second-order valence-electron chi connectivity index (χ2n) is 11.8. The maximum absolute atomic E-state index is 13.2. The van der Waals surface area contributed by atoms with Gasteiger partial charge in [0.1, 0.15) is 30.2 Å². The van der Waals surface area contributed by atoms with Gasteiger partial charge in [0.15, 0.2) is 0 Å². The number of imidazole rings is 1. The molecule has 0 saturated carbocycles. The standard InChI is InChI=1S/C30H48N10O12/c1-15(36-27(48)18(32)6-8-23(42)43)25(46)39-19(5-3-4-10-31)28(49)34-13-22(41)38-21(11-17-12-33-14-35-17)29(50)37-16(2)26(47)40-20(30(51)52)7-9-24(44)45/h12,14-16,18-21H,3-11,13,31-32H2,1-2H3,(H,33,35)(H,34,49)(H,36,48)(H,37,50)(H,38,41)(H,39,46)(H,40,47)(H,42,43)(H,44,45)(H,51,52)/t15-,16-,18-,19-,20-,21-/m0/s1. The van der Waals surface area contributed by atoms with Crippen LogP contribution in [-0.4, -0.2) is 128 Å². The van der Waals surface area contributed by atoms with Gasteiger partial charge >= 0.3 is 17.9 Å². The lowest BCUT2D eigenvalue weighted by atomic mass is 10.1. The Morgan fingerprint density at radius 1 is 0.712 bits per heavy atom. The van der Waals surface area contributed by atoms with Gasteiger partial charge in [0.05, 0.1) is 18.9 Å². The molecule has 0 aliphatic rings. The summed E-state index contributed by atoms with van der Waals surface area (Å²) in [4.78, 5) is 117. The highest BCUT2D eigenvalue weighted by atomic mass is 16.4. The van der Waals surface area contributed by atoms with Crippen LogP contribution in [0.5, 0.6) is 0 Å². The quantitative estimate of drug-likeness (QED) is 0.0423. The molecule has 1 aromatic rings. The molecule has 0 bridgehead atoms. The van der Waals surface area contributed by atoms with E-state index >= 15 is 0 Å². The first-order valence-electron chi connectivity index (χ1n) is 16.3. The van der Waals surface area contributed by atoms with Crippen molar-refractivity contribution in [2.24, 2.45) is 11.5 Å². The molecule has 0 aliphatic carbocycles. The number of aromatic nitrogens is 2. The summed E-state index contributed by atoms with van der Waals surface area (Å²) in [6.07, 6.45) is 2.13. The number of carbonyl (C=O) groups excluding carboxylic acids is 6. The molecular formula is C30H48N10O12. The molecule has 1 aromatic heterocycles. The third kappa shape index (κ3) is 17.3. The molecule has 0 radical (unpaired) electrons. The average molecular weight is 741 g/mol. The number of nitrogens with zero attached hydrogens (tertiary/aromatic N) is 1. The Kier molecular flexibility index (Phi) is 19.6. The first kappa shape index (κ1) is 44.4. The van der Waals surface area contributed by atoms with Crippen molar-refractivity contribution >= 4 is 53.4 Å². The van der Waals surface area contributed by atoms with Crippen LogP contribution in [-0.2, 0) is 49.6 Å². The van der Waals surface area contributed by atoms with Crippen molar-refractivity contribution in [3.63, 3.8) is 0 Å². The number of hydrogen-bond donors (Lipinski definition) is 12. The average Bonchev–Trinajstić information content (AvgIpc) is 3.59. The van der Waals surface area contributed by atoms with Crippen LogP contribution < -0.4 is 43.4 Å². The number of carboxylic acid groups (broad SMARTS) is 3. The lowest BCUT2D eigenvalue weighted by Crippen LogP contribution is -2.57. The van der Waals surface area contributed by atoms with Crippen molar-refractivity contribution < 1.29 is 58.5 Å². The number of aromatic amines is 1. The SMILES string of the molecule is C[C@H](NC(=O)[C@H](Cc1cnc[nH]1)NC(=O)CNC(=O)[C@H](CCCCN)NC(=O)[C@H](C)NC(=O)[C@@H](N)CCC(=O)O)C(=O)N[C@@H](CCC(=O)O)C(=O)O. The zero-order valence-electron chi connectivity index (χ0n) is 28.8. The van der Waals surface area contributed by atoms with Crippen molar-refractivity contribution in [3.8, 4) is 0 Å². The molecule has 22 heteroatoms. The predicted molar refractivity (Wildman–Crippen MR) is 179 cm³/mol. The van der Waals surface area contributed by atoms with E-state index in [1.54, 1.807) is 0 Å². The fourth-order valence-corrected chi connectivity index (χ4v) is 4.42. The number of unbranched alkanes of at least 4 members (excludes halogenated alkanes) is 1. The zero-order valence-corrected chi connectivity index (χ0v) is 28.8. The van der Waals surface area contributed by atoms with Gasteiger partial charge < -0.3 is 63.7 Å². The molecule has 1 rings (SSSR count). The van der Waals surface area contributed by atoms with E-state index < -0.39 is 109 Å². The van der Waals surface area contributed by atoms with Crippen molar-refractivity contribution in [1.29, 1.82) is 0 Å². The summed E-state index contributed by atoms with van der Waals surface area (Å²) in [6, 6.07) is -7.69. The molecule has 6 atom stereocenters. The monoisotopic (exact) mass is 740 g/mol. The Balaban J connectivity index is 2.90. The van der Waals surface area contributed by atoms with E-state index in [9.17, 15) is 48.3 Å². The minimum Gasteiger partial charge on any atom is -0.481 e. The van der Waals surface area contributed by atoms with E-state index in [4.69, 9.17) is 21.7 Å². The molecular weight excluding hydrogens is 692 g/mol. The van der Waals surface area contributed by atoms with E-state index in [2.05, 4.69) is 41.9 Å². The van der Waals surface area contributed by atoms with Gasteiger partial charge in [0.2, 0.25) is 35.4 Å². The van der Waals surface area contributed by atoms with Gasteiger partial charge in [-0.05, 0) is 52.5 Å². The number of rotatable bonds is 25. The van der Waals surface area contributed by atoms with Crippen LogP contribution >= 0.6 is 0 Å². The van der Waals surface area contributed by atoms with Gasteiger partial charge in [-0.25, -0.2) is 9.78 Å². The highest BCUT2D eigenvalue weighted by Crippen LogP contribution is 2.04. The summed E-state index contributed by atoms with van der Waals surface area (Å²) < 4.78 is 0. The van der Waals surface area contributed by atoms with Gasteiger partial charge in [-0.1, -0.05) is 0 Å². The highest BCUT2D eigenvalue weighted by Gasteiger charge is 2.29. The normalized spacial score (nSPS) is 14.2. The van der Waals surface area contributed by atoms with Crippen LogP contribution in [0, 0.1) is 0 Å². The minimum absolute atomic E-state index is 0.110. The highest BCUT2D eigenvalue weighted by molar-refractivity contribution is 5.96. The molecule has 52 heavy (non-hydrogen) atoms. The number of hydrogen-bond acceptors (Lipinski definition) is 12. The summed E-state index contributed by atoms with van der Waals surface area (Å²) >= 11 is 0. The van der Waals surface area contributed by atoms with Crippen LogP contribution in [0.1, 0.15) is 64.5 Å². The molecule has 290 valence electrons. The summed E-state index contributed by atoms with van der Waals surface area (Å²) in [5, 5.41) is 41.1. The van der Waals surface area contributed by atoms with Crippen LogP contribution in [0.4, 0.5) is 0 Å². The number of H-pyrrole nitrogens is 1. The van der Waals surface area contributed by atoms with Gasteiger partial charge in [0.25, 0.3) is 0 Å². The molecule has 14 N–H and O–H groups in total. The second kappa shape index (κ2) is 23.0. The molecule has 0 spiro atoms. The molecule has 0 fully saturated rings. The maximum Gasteiger partial charge on any atom is 0.326 e. The Bertz CT molecular complexity index is 1410. The molecule has 22 nitrogen and oxygen atoms in total. The van der Waals surface area contributed by atoms with E-state index in [0.29, 0.717) is 25.1 Å². The fourth-order valence-electron chi connectivity index (χ4n) is 4.42. The molecule has 0 saturated heterocycles. The molecule has 6 amide bonds. The maximum atomic E-state index is 13.2. The number of carboxylic acids is 3. The van der Waals surface area contributed by atoms with Gasteiger partial charge in [-0.2, -0.15) is 0 Å². The van der Waals surface area contributed by atoms with Gasteiger partial charge in [0, 0.05) is 31.2 Å². The number of nitrogens with one attached hydrogen (secondary N) is 7. The molecule has 0 unspecified atom stereocenters. The summed E-state index contributed by atoms with van der Waals surface area (Å²) in [5.41, 5.74) is 11.6. The summed E-state index contributed by atoms with van der Waals surface area (Å²) in [6.45, 7) is 2.23. The van der Waals surface area contributed by atoms with Gasteiger partial charge in [-0.3, -0.25) is 38.4 Å². The third-order valence-electron chi connectivity index (χ3n) is 7.41. The van der Waals surface area contributed by atoms with Crippen molar-refractivity contribution in [2.75, 3.05) is 13.1 Å². The zero-order chi connectivity index (χ0) is 39.4. The topological polar surface area (TPSA) is 367 Å². The second-order valence-corrected chi connectivity index (χ2v) is 11.8. The fraction of sp³-hybridized carbons (Fsp3) is 0.600. The molecule has 0 aliphatic heterocycles. The molecule has 0 aromatic carbocycles. The van der Waals surface area contributed by atoms with Gasteiger partial charge in [-0.15, -0.1) is 0 Å². The van der Waals surface area contributed by atoms with Crippen LogP contribution in [0.3, 0.4) is 0 Å². The van der Waals surface area contributed by atoms with E-state index in [0.717, 1.165) is 0 Å². The van der Waals surface area contributed by atoms with Crippen LogP contribution in [0.25, 0.3) is 0 Å². The van der Waals surface area contributed by atoms with E-state index in [1.165, 1.54) is 26.4 Å². The summed E-state index contributed by atoms with van der Waals surface area (Å²) in [7, 11) is 0. The lowest BCUT2D eigenvalue weighted by molar-refractivity contribution is -0.143. The van der Waals surface area contributed by atoms with Crippen molar-refractivity contribution in [1.82, 2.24) is 41.9 Å². The smallest absolute Gasteiger partial charge is 0.326 e. The third-order valence-corrected chi connectivity index (χ3v) is 7.41. The number of carbonyl (C=O) groups is 9. The Morgan fingerprint density at radius 3 is 1.83 bits per heavy atom. The minimum atomic E-state index is -1.54.